The highest BCUT2D eigenvalue weighted by atomic mass is 32.1. The van der Waals surface area contributed by atoms with E-state index in [-0.39, 0.29) is 0 Å². The van der Waals surface area contributed by atoms with Crippen LogP contribution in [0.2, 0.25) is 0 Å². The Morgan fingerprint density at radius 1 is 0.380 bits per heavy atom. The van der Waals surface area contributed by atoms with Gasteiger partial charge in [0.1, 0.15) is 0 Å². The maximum absolute atomic E-state index is 2.36. The number of fused-ring (bicyclic) bond motifs is 5. The summed E-state index contributed by atoms with van der Waals surface area (Å²) in [6.45, 7) is 4.39. The van der Waals surface area contributed by atoms with Gasteiger partial charge < -0.3 is 0 Å². The fraction of sp³-hybridized carbons (Fsp3) is 0.0612. The molecule has 1 heteroatoms. The van der Waals surface area contributed by atoms with Crippen LogP contribution in [0.25, 0.3) is 64.3 Å². The molecule has 0 radical (unpaired) electrons. The number of aryl methyl sites for hydroxylation is 1. The van der Waals surface area contributed by atoms with Crippen LogP contribution in [-0.2, 0) is 0 Å². The molecule has 240 valence electrons. The van der Waals surface area contributed by atoms with Gasteiger partial charge in [-0.1, -0.05) is 188 Å². The summed E-state index contributed by atoms with van der Waals surface area (Å²) in [6.07, 6.45) is 0. The maximum atomic E-state index is 2.36. The Bertz CT molecular complexity index is 2540. The lowest BCUT2D eigenvalue weighted by atomic mass is 9.90. The number of rotatable bonds is 5. The molecule has 1 unspecified atom stereocenters. The molecular weight excluding hydrogens is 621 g/mol. The van der Waals surface area contributed by atoms with Gasteiger partial charge in [-0.05, 0) is 74.3 Å². The van der Waals surface area contributed by atoms with Crippen LogP contribution < -0.4 is 0 Å². The molecule has 1 heterocycles. The van der Waals surface area contributed by atoms with Crippen molar-refractivity contribution in [3.05, 3.63) is 205 Å². The van der Waals surface area contributed by atoms with E-state index in [0.717, 1.165) is 0 Å². The molecule has 0 saturated carbocycles. The molecule has 8 aromatic carbocycles. The van der Waals surface area contributed by atoms with Crippen LogP contribution in [0.1, 0.15) is 29.5 Å². The molecule has 0 saturated heterocycles. The first-order chi connectivity index (χ1) is 24.6. The van der Waals surface area contributed by atoms with Gasteiger partial charge >= 0.3 is 0 Å². The first kappa shape index (κ1) is 31.5. The molecule has 0 spiro atoms. The quantitative estimate of drug-likeness (QED) is 0.173. The van der Waals surface area contributed by atoms with Gasteiger partial charge in [0.15, 0.2) is 0 Å². The van der Waals surface area contributed by atoms with Crippen molar-refractivity contribution >= 4 is 42.3 Å². The second-order valence-electron chi connectivity index (χ2n) is 13.0. The van der Waals surface area contributed by atoms with Crippen LogP contribution in [0, 0.1) is 6.92 Å². The summed E-state index contributed by atoms with van der Waals surface area (Å²) in [5, 5.41) is 5.34. The zero-order valence-electron chi connectivity index (χ0n) is 28.4. The molecule has 1 aromatic heterocycles. The minimum Gasteiger partial charge on any atom is -0.135 e. The van der Waals surface area contributed by atoms with Crippen molar-refractivity contribution in [3.8, 4) is 33.4 Å². The van der Waals surface area contributed by atoms with Crippen molar-refractivity contribution in [1.29, 1.82) is 0 Å². The molecule has 1 atom stereocenters. The Labute approximate surface area is 299 Å². The van der Waals surface area contributed by atoms with Gasteiger partial charge in [-0.2, -0.15) is 0 Å². The zero-order chi connectivity index (χ0) is 33.9. The predicted octanol–water partition coefficient (Wildman–Crippen LogP) is 14.4. The molecule has 0 aliphatic heterocycles. The molecule has 0 fully saturated rings. The molecule has 0 aliphatic carbocycles. The highest BCUT2D eigenvalue weighted by Crippen LogP contribution is 2.40. The highest BCUT2D eigenvalue weighted by molar-refractivity contribution is 7.26. The lowest BCUT2D eigenvalue weighted by Gasteiger charge is -2.14. The van der Waals surface area contributed by atoms with E-state index < -0.39 is 0 Å². The molecule has 9 aromatic rings. The van der Waals surface area contributed by atoms with Crippen LogP contribution >= 0.6 is 11.3 Å². The van der Waals surface area contributed by atoms with Crippen molar-refractivity contribution in [1.82, 2.24) is 0 Å². The van der Waals surface area contributed by atoms with E-state index in [1.165, 1.54) is 81.0 Å². The summed E-state index contributed by atoms with van der Waals surface area (Å²) in [4.78, 5) is 0. The second-order valence-corrected chi connectivity index (χ2v) is 14.1. The highest BCUT2D eigenvalue weighted by Gasteiger charge is 2.12. The van der Waals surface area contributed by atoms with Gasteiger partial charge in [0.2, 0.25) is 0 Å². The second kappa shape index (κ2) is 14.0. The largest absolute Gasteiger partial charge is 0.135 e. The standard InChI is InChI=1S/C36H26S.C13H12/c1-24(25-9-3-2-4-10-25)27-12-7-13-28(21-27)29-14-8-15-30(22-29)31-18-19-33-34-20-17-26-11-5-6-16-32(26)36(34)37-35(33)23-31;1-11-7-9-13(10-8-11)12-5-3-2-4-6-12/h2-24H,1H3;2-10H,1H3. The lowest BCUT2D eigenvalue weighted by Crippen LogP contribution is -1.96. The van der Waals surface area contributed by atoms with Crippen molar-refractivity contribution in [3.63, 3.8) is 0 Å². The van der Waals surface area contributed by atoms with Crippen LogP contribution in [-0.4, -0.2) is 0 Å². The third-order valence-electron chi connectivity index (χ3n) is 9.74. The molecule has 0 aliphatic rings. The van der Waals surface area contributed by atoms with E-state index in [0.29, 0.717) is 5.92 Å². The number of hydrogen-bond acceptors (Lipinski definition) is 1. The normalized spacial score (nSPS) is 11.7. The van der Waals surface area contributed by atoms with E-state index >= 15 is 0 Å². The predicted molar refractivity (Wildman–Crippen MR) is 218 cm³/mol. The zero-order valence-corrected chi connectivity index (χ0v) is 29.2. The molecule has 0 nitrogen and oxygen atoms in total. The van der Waals surface area contributed by atoms with Crippen molar-refractivity contribution in [2.24, 2.45) is 0 Å². The molecule has 9 rings (SSSR count). The van der Waals surface area contributed by atoms with Crippen LogP contribution in [0.3, 0.4) is 0 Å². The molecule has 0 bridgehead atoms. The summed E-state index contributed by atoms with van der Waals surface area (Å²) in [5.41, 5.74) is 11.6. The Hall–Kier alpha value is -5.76. The van der Waals surface area contributed by atoms with E-state index in [9.17, 15) is 0 Å². The van der Waals surface area contributed by atoms with Crippen LogP contribution in [0.15, 0.2) is 188 Å². The van der Waals surface area contributed by atoms with E-state index in [4.69, 9.17) is 0 Å². The summed E-state index contributed by atoms with van der Waals surface area (Å²) >= 11 is 1.90. The SMILES string of the molecule is CC(c1ccccc1)c1cccc(-c2cccc(-c3ccc4c(c3)sc3c5ccccc5ccc43)c2)c1.Cc1ccc(-c2ccccc2)cc1. The average molecular weight is 659 g/mol. The third-order valence-corrected chi connectivity index (χ3v) is 10.9. The lowest BCUT2D eigenvalue weighted by molar-refractivity contribution is 0.923. The van der Waals surface area contributed by atoms with E-state index in [1.54, 1.807) is 0 Å². The van der Waals surface area contributed by atoms with Crippen LogP contribution in [0.5, 0.6) is 0 Å². The summed E-state index contributed by atoms with van der Waals surface area (Å²) in [6, 6.07) is 67.9. The van der Waals surface area contributed by atoms with Crippen molar-refractivity contribution in [2.45, 2.75) is 19.8 Å². The smallest absolute Gasteiger partial charge is 0.0433 e. The maximum Gasteiger partial charge on any atom is 0.0433 e. The Morgan fingerprint density at radius 3 is 1.68 bits per heavy atom. The van der Waals surface area contributed by atoms with E-state index in [1.807, 2.05) is 17.4 Å². The van der Waals surface area contributed by atoms with Crippen molar-refractivity contribution < 1.29 is 0 Å². The minimum atomic E-state index is 0.357. The molecule has 0 amide bonds. The van der Waals surface area contributed by atoms with Gasteiger partial charge in [0.25, 0.3) is 0 Å². The topological polar surface area (TPSA) is 0 Å². The number of benzene rings is 8. The molecule has 50 heavy (non-hydrogen) atoms. The van der Waals surface area contributed by atoms with E-state index in [2.05, 4.69) is 196 Å². The first-order valence-corrected chi connectivity index (χ1v) is 18.1. The average Bonchev–Trinajstić information content (AvgIpc) is 3.58. The van der Waals surface area contributed by atoms with Gasteiger partial charge in [-0.25, -0.2) is 0 Å². The first-order valence-electron chi connectivity index (χ1n) is 17.3. The summed E-state index contributed by atoms with van der Waals surface area (Å²) in [5.74, 6) is 0.357. The fourth-order valence-corrected chi connectivity index (χ4v) is 8.14. The Kier molecular flexibility index (Phi) is 8.82. The third kappa shape index (κ3) is 6.49. The van der Waals surface area contributed by atoms with Gasteiger partial charge in [0.05, 0.1) is 0 Å². The van der Waals surface area contributed by atoms with Crippen LogP contribution in [0.4, 0.5) is 0 Å². The Balaban J connectivity index is 0.000000233. The number of hydrogen-bond donors (Lipinski definition) is 0. The minimum absolute atomic E-state index is 0.357. The molecular formula is C49H38S. The Morgan fingerprint density at radius 2 is 0.920 bits per heavy atom. The van der Waals surface area contributed by atoms with Gasteiger partial charge in [0, 0.05) is 26.1 Å². The summed E-state index contributed by atoms with van der Waals surface area (Å²) < 4.78 is 2.72. The monoisotopic (exact) mass is 658 g/mol. The fourth-order valence-electron chi connectivity index (χ4n) is 6.86. The summed E-state index contributed by atoms with van der Waals surface area (Å²) in [7, 11) is 0. The molecule has 0 N–H and O–H groups in total. The van der Waals surface area contributed by atoms with Gasteiger partial charge in [-0.3, -0.25) is 0 Å². The van der Waals surface area contributed by atoms with Gasteiger partial charge in [-0.15, -0.1) is 11.3 Å². The number of thiophene rings is 1. The van der Waals surface area contributed by atoms with Crippen molar-refractivity contribution in [2.75, 3.05) is 0 Å².